The van der Waals surface area contributed by atoms with Crippen LogP contribution in [0.4, 0.5) is 0 Å². The molecule has 1 aromatic heterocycles. The fourth-order valence-corrected chi connectivity index (χ4v) is 3.13. The molecule has 2 atom stereocenters. The molecular formula is C12H21N5. The number of fused-ring (bicyclic) bond motifs is 1. The van der Waals surface area contributed by atoms with Crippen molar-refractivity contribution in [1.29, 1.82) is 0 Å². The smallest absolute Gasteiger partial charge is 0.146 e. The van der Waals surface area contributed by atoms with Crippen molar-refractivity contribution in [1.82, 2.24) is 25.0 Å². The van der Waals surface area contributed by atoms with Crippen molar-refractivity contribution in [3.8, 4) is 0 Å². The zero-order valence-corrected chi connectivity index (χ0v) is 10.7. The van der Waals surface area contributed by atoms with E-state index in [2.05, 4.69) is 32.0 Å². The van der Waals surface area contributed by atoms with E-state index in [1.54, 1.807) is 0 Å². The molecule has 5 heteroatoms. The molecule has 2 fully saturated rings. The van der Waals surface area contributed by atoms with E-state index >= 15 is 0 Å². The molecule has 0 aliphatic carbocycles. The van der Waals surface area contributed by atoms with Crippen LogP contribution in [0.1, 0.15) is 24.5 Å². The predicted octanol–water partition coefficient (Wildman–Crippen LogP) is 0.307. The van der Waals surface area contributed by atoms with Crippen LogP contribution in [0.5, 0.6) is 0 Å². The van der Waals surface area contributed by atoms with Gasteiger partial charge in [0.1, 0.15) is 11.6 Å². The van der Waals surface area contributed by atoms with Gasteiger partial charge in [0.15, 0.2) is 0 Å². The summed E-state index contributed by atoms with van der Waals surface area (Å²) in [7, 11) is 2.05. The van der Waals surface area contributed by atoms with Gasteiger partial charge in [0.25, 0.3) is 0 Å². The molecule has 0 aromatic carbocycles. The second-order valence-corrected chi connectivity index (χ2v) is 5.32. The van der Waals surface area contributed by atoms with E-state index in [4.69, 9.17) is 0 Å². The van der Waals surface area contributed by atoms with Crippen molar-refractivity contribution in [2.45, 2.75) is 32.4 Å². The van der Waals surface area contributed by atoms with Gasteiger partial charge in [-0.05, 0) is 38.8 Å². The zero-order chi connectivity index (χ0) is 11.8. The summed E-state index contributed by atoms with van der Waals surface area (Å²) in [5, 5.41) is 11.9. The second-order valence-electron chi connectivity index (χ2n) is 5.32. The first kappa shape index (κ1) is 11.2. The highest BCUT2D eigenvalue weighted by Gasteiger charge is 2.35. The van der Waals surface area contributed by atoms with Gasteiger partial charge in [-0.3, -0.25) is 4.90 Å². The van der Waals surface area contributed by atoms with Crippen LogP contribution in [0.15, 0.2) is 0 Å². The minimum Gasteiger partial charge on any atom is -0.317 e. The number of aromatic nitrogens is 3. The summed E-state index contributed by atoms with van der Waals surface area (Å²) >= 11 is 0. The molecule has 0 bridgehead atoms. The van der Waals surface area contributed by atoms with Crippen LogP contribution >= 0.6 is 0 Å². The molecule has 0 spiro atoms. The summed E-state index contributed by atoms with van der Waals surface area (Å²) in [6.07, 6.45) is 2.70. The molecule has 94 valence electrons. The van der Waals surface area contributed by atoms with Crippen LogP contribution in [0.2, 0.25) is 0 Å². The van der Waals surface area contributed by atoms with Crippen molar-refractivity contribution in [2.24, 2.45) is 13.0 Å². The van der Waals surface area contributed by atoms with E-state index < -0.39 is 0 Å². The maximum Gasteiger partial charge on any atom is 0.146 e. The molecule has 0 amide bonds. The molecule has 3 heterocycles. The lowest BCUT2D eigenvalue weighted by atomic mass is 9.92. The van der Waals surface area contributed by atoms with Crippen LogP contribution < -0.4 is 5.32 Å². The van der Waals surface area contributed by atoms with Crippen LogP contribution in [0.25, 0.3) is 0 Å². The Labute approximate surface area is 102 Å². The van der Waals surface area contributed by atoms with Gasteiger partial charge in [0.2, 0.25) is 0 Å². The number of likely N-dealkylation sites (tertiary alicyclic amines) is 1. The average molecular weight is 235 g/mol. The highest BCUT2D eigenvalue weighted by atomic mass is 15.3. The SMILES string of the molecule is Cc1nnc(CN2CCCC3CNCC32)n1C. The third-order valence-corrected chi connectivity index (χ3v) is 4.32. The fraction of sp³-hybridized carbons (Fsp3) is 0.833. The second kappa shape index (κ2) is 4.38. The standard InChI is InChI=1S/C12H21N5/c1-9-14-15-12(16(9)2)8-17-5-3-4-10-6-13-7-11(10)17/h10-11,13H,3-8H2,1-2H3. The quantitative estimate of drug-likeness (QED) is 0.801. The lowest BCUT2D eigenvalue weighted by molar-refractivity contribution is 0.113. The fourth-order valence-electron chi connectivity index (χ4n) is 3.13. The normalized spacial score (nSPS) is 29.5. The summed E-state index contributed by atoms with van der Waals surface area (Å²) in [5.41, 5.74) is 0. The summed E-state index contributed by atoms with van der Waals surface area (Å²) in [4.78, 5) is 2.58. The van der Waals surface area contributed by atoms with Crippen LogP contribution in [0.3, 0.4) is 0 Å². The first-order valence-electron chi connectivity index (χ1n) is 6.55. The number of piperidine rings is 1. The van der Waals surface area contributed by atoms with Crippen LogP contribution in [-0.2, 0) is 13.6 Å². The number of hydrogen-bond donors (Lipinski definition) is 1. The van der Waals surface area contributed by atoms with Crippen molar-refractivity contribution in [2.75, 3.05) is 19.6 Å². The Morgan fingerprint density at radius 3 is 3.00 bits per heavy atom. The lowest BCUT2D eigenvalue weighted by Gasteiger charge is -2.36. The number of nitrogens with zero attached hydrogens (tertiary/aromatic N) is 4. The third kappa shape index (κ3) is 1.98. The van der Waals surface area contributed by atoms with Gasteiger partial charge < -0.3 is 9.88 Å². The van der Waals surface area contributed by atoms with Crippen molar-refractivity contribution >= 4 is 0 Å². The van der Waals surface area contributed by atoms with Gasteiger partial charge in [-0.15, -0.1) is 10.2 Å². The van der Waals surface area contributed by atoms with Crippen molar-refractivity contribution in [3.05, 3.63) is 11.6 Å². The Morgan fingerprint density at radius 1 is 1.35 bits per heavy atom. The molecule has 2 saturated heterocycles. The molecule has 5 nitrogen and oxygen atoms in total. The Hall–Kier alpha value is -0.940. The maximum absolute atomic E-state index is 4.27. The minimum atomic E-state index is 0.709. The lowest BCUT2D eigenvalue weighted by Crippen LogP contribution is -2.44. The molecule has 0 radical (unpaired) electrons. The Kier molecular flexibility index (Phi) is 2.88. The highest BCUT2D eigenvalue weighted by Crippen LogP contribution is 2.27. The number of hydrogen-bond acceptors (Lipinski definition) is 4. The highest BCUT2D eigenvalue weighted by molar-refractivity contribution is 4.97. The van der Waals surface area contributed by atoms with Gasteiger partial charge in [-0.2, -0.15) is 0 Å². The molecule has 17 heavy (non-hydrogen) atoms. The Balaban J connectivity index is 1.74. The van der Waals surface area contributed by atoms with Crippen molar-refractivity contribution < 1.29 is 0 Å². The first-order chi connectivity index (χ1) is 8.25. The van der Waals surface area contributed by atoms with Gasteiger partial charge in [0.05, 0.1) is 6.54 Å². The van der Waals surface area contributed by atoms with E-state index in [0.717, 1.165) is 30.7 Å². The topological polar surface area (TPSA) is 46.0 Å². The van der Waals surface area contributed by atoms with E-state index in [9.17, 15) is 0 Å². The molecule has 3 rings (SSSR count). The van der Waals surface area contributed by atoms with Gasteiger partial charge in [0, 0.05) is 19.6 Å². The van der Waals surface area contributed by atoms with Gasteiger partial charge >= 0.3 is 0 Å². The zero-order valence-electron chi connectivity index (χ0n) is 10.7. The summed E-state index contributed by atoms with van der Waals surface area (Å²) in [6, 6.07) is 0.709. The summed E-state index contributed by atoms with van der Waals surface area (Å²) < 4.78 is 2.10. The van der Waals surface area contributed by atoms with Gasteiger partial charge in [-0.1, -0.05) is 0 Å². The molecule has 2 aliphatic rings. The van der Waals surface area contributed by atoms with Crippen LogP contribution in [-0.4, -0.2) is 45.3 Å². The minimum absolute atomic E-state index is 0.709. The average Bonchev–Trinajstić information content (AvgIpc) is 2.91. The number of aryl methyl sites for hydroxylation is 1. The molecule has 1 N–H and O–H groups in total. The third-order valence-electron chi connectivity index (χ3n) is 4.32. The molecule has 2 unspecified atom stereocenters. The van der Waals surface area contributed by atoms with E-state index in [1.807, 2.05) is 6.92 Å². The first-order valence-corrected chi connectivity index (χ1v) is 6.55. The number of nitrogens with one attached hydrogen (secondary N) is 1. The molecular weight excluding hydrogens is 214 g/mol. The Morgan fingerprint density at radius 2 is 2.24 bits per heavy atom. The van der Waals surface area contributed by atoms with E-state index in [-0.39, 0.29) is 0 Å². The van der Waals surface area contributed by atoms with E-state index in [0.29, 0.717) is 6.04 Å². The van der Waals surface area contributed by atoms with E-state index in [1.165, 1.54) is 25.9 Å². The summed E-state index contributed by atoms with van der Waals surface area (Å²) in [6.45, 7) is 6.49. The predicted molar refractivity (Wildman–Crippen MR) is 65.5 cm³/mol. The molecule has 0 saturated carbocycles. The van der Waals surface area contributed by atoms with Crippen LogP contribution in [0, 0.1) is 12.8 Å². The molecule has 2 aliphatic heterocycles. The monoisotopic (exact) mass is 235 g/mol. The summed E-state index contributed by atoms with van der Waals surface area (Å²) in [5.74, 6) is 2.94. The maximum atomic E-state index is 4.27. The number of rotatable bonds is 2. The largest absolute Gasteiger partial charge is 0.317 e. The molecule has 1 aromatic rings. The van der Waals surface area contributed by atoms with Gasteiger partial charge in [-0.25, -0.2) is 0 Å². The Bertz CT molecular complexity index is 400. The van der Waals surface area contributed by atoms with Crippen molar-refractivity contribution in [3.63, 3.8) is 0 Å².